The Morgan fingerprint density at radius 3 is 2.80 bits per heavy atom. The number of aryl methyl sites for hydroxylation is 2. The molecule has 1 aliphatic heterocycles. The number of rotatable bonds is 4. The van der Waals surface area contributed by atoms with Crippen LogP contribution >= 0.6 is 27.3 Å². The van der Waals surface area contributed by atoms with Crippen molar-refractivity contribution < 1.29 is 14.6 Å². The molecule has 176 valence electrons. The van der Waals surface area contributed by atoms with Gasteiger partial charge in [-0.15, -0.1) is 11.3 Å². The summed E-state index contributed by atoms with van der Waals surface area (Å²) in [7, 11) is 0. The minimum Gasteiger partial charge on any atom is -0.507 e. The largest absolute Gasteiger partial charge is 0.507 e. The first-order valence-corrected chi connectivity index (χ1v) is 12.5. The Balaban J connectivity index is 1.65. The number of carbonyl (C=O) groups is 1. The van der Waals surface area contributed by atoms with Crippen molar-refractivity contribution in [3.8, 4) is 22.8 Å². The third kappa shape index (κ3) is 4.91. The third-order valence-electron chi connectivity index (χ3n) is 5.61. The summed E-state index contributed by atoms with van der Waals surface area (Å²) >= 11 is 4.88. The van der Waals surface area contributed by atoms with E-state index in [1.165, 1.54) is 16.9 Å². The molecule has 0 saturated carbocycles. The lowest BCUT2D eigenvalue weighted by Crippen LogP contribution is -2.25. The van der Waals surface area contributed by atoms with Crippen molar-refractivity contribution in [1.29, 1.82) is 0 Å². The van der Waals surface area contributed by atoms with E-state index in [1.807, 2.05) is 41.8 Å². The lowest BCUT2D eigenvalue weighted by molar-refractivity contribution is -0.118. The lowest BCUT2D eigenvalue weighted by atomic mass is 10.1. The summed E-state index contributed by atoms with van der Waals surface area (Å²) in [5.41, 5.74) is 5.97. The summed E-state index contributed by atoms with van der Waals surface area (Å²) in [6.45, 7) is 4.13. The number of nitrogens with one attached hydrogen (secondary N) is 1. The van der Waals surface area contributed by atoms with E-state index in [4.69, 9.17) is 9.73 Å². The van der Waals surface area contributed by atoms with Crippen LogP contribution in [0.25, 0.3) is 11.3 Å². The number of amides is 1. The number of hydrogen-bond acceptors (Lipinski definition) is 6. The van der Waals surface area contributed by atoms with Crippen molar-refractivity contribution in [3.05, 3.63) is 85.9 Å². The molecule has 1 amide bonds. The predicted octanol–water partition coefficient (Wildman–Crippen LogP) is 5.75. The molecule has 9 heteroatoms. The Labute approximate surface area is 214 Å². The number of phenols is 1. The molecule has 4 aromatic rings. The van der Waals surface area contributed by atoms with Gasteiger partial charge in [-0.3, -0.25) is 4.79 Å². The lowest BCUT2D eigenvalue weighted by Gasteiger charge is -2.18. The monoisotopic (exact) mass is 548 g/mol. The average Bonchev–Trinajstić information content (AvgIpc) is 3.23. The first kappa shape index (κ1) is 23.1. The number of thiazole rings is 1. The SMILES string of the molecule is Cc1ccc(N=c2scc(-c3ccc4c(c3)NC(=O)CO4)n2N=Cc2cc(Br)ccc2O)cc1C. The number of hydrogen-bond donors (Lipinski definition) is 2. The van der Waals surface area contributed by atoms with Gasteiger partial charge >= 0.3 is 0 Å². The first-order chi connectivity index (χ1) is 16.9. The molecular weight excluding hydrogens is 528 g/mol. The maximum Gasteiger partial charge on any atom is 0.262 e. The van der Waals surface area contributed by atoms with Crippen LogP contribution in [-0.4, -0.2) is 28.5 Å². The highest BCUT2D eigenvalue weighted by Crippen LogP contribution is 2.33. The zero-order valence-electron chi connectivity index (χ0n) is 18.9. The van der Waals surface area contributed by atoms with Gasteiger partial charge in [0, 0.05) is 21.0 Å². The molecule has 0 saturated heterocycles. The van der Waals surface area contributed by atoms with Crippen LogP contribution in [0.3, 0.4) is 0 Å². The minimum atomic E-state index is -0.193. The number of fused-ring (bicyclic) bond motifs is 1. The zero-order chi connectivity index (χ0) is 24.5. The fourth-order valence-electron chi connectivity index (χ4n) is 3.58. The number of benzene rings is 3. The first-order valence-electron chi connectivity index (χ1n) is 10.8. The van der Waals surface area contributed by atoms with Crippen molar-refractivity contribution in [2.24, 2.45) is 10.1 Å². The fourth-order valence-corrected chi connectivity index (χ4v) is 4.82. The minimum absolute atomic E-state index is 0.00418. The van der Waals surface area contributed by atoms with Gasteiger partial charge in [-0.1, -0.05) is 22.0 Å². The summed E-state index contributed by atoms with van der Waals surface area (Å²) in [4.78, 5) is 17.3. The maximum absolute atomic E-state index is 11.8. The van der Waals surface area contributed by atoms with Gasteiger partial charge in [0.05, 0.1) is 23.3 Å². The molecule has 7 nitrogen and oxygen atoms in total. The number of ether oxygens (including phenoxy) is 1. The second kappa shape index (κ2) is 9.52. The van der Waals surface area contributed by atoms with Gasteiger partial charge in [-0.25, -0.2) is 9.67 Å². The molecular formula is C26H21BrN4O3S. The topological polar surface area (TPSA) is 88.2 Å². The molecule has 1 aromatic heterocycles. The molecule has 35 heavy (non-hydrogen) atoms. The molecule has 0 spiro atoms. The van der Waals surface area contributed by atoms with Gasteiger partial charge in [0.2, 0.25) is 4.80 Å². The van der Waals surface area contributed by atoms with Crippen LogP contribution < -0.4 is 14.9 Å². The van der Waals surface area contributed by atoms with Gasteiger partial charge in [-0.2, -0.15) is 5.10 Å². The summed E-state index contributed by atoms with van der Waals surface area (Å²) in [6.07, 6.45) is 1.60. The average molecular weight is 549 g/mol. The van der Waals surface area contributed by atoms with E-state index in [0.717, 1.165) is 27.0 Å². The van der Waals surface area contributed by atoms with Crippen LogP contribution in [0.4, 0.5) is 11.4 Å². The fraction of sp³-hybridized carbons (Fsp3) is 0.115. The second-order valence-electron chi connectivity index (χ2n) is 8.09. The number of aromatic nitrogens is 1. The van der Waals surface area contributed by atoms with Crippen molar-refractivity contribution >= 4 is 50.8 Å². The smallest absolute Gasteiger partial charge is 0.262 e. The van der Waals surface area contributed by atoms with E-state index < -0.39 is 0 Å². The molecule has 2 N–H and O–H groups in total. The quantitative estimate of drug-likeness (QED) is 0.318. The van der Waals surface area contributed by atoms with E-state index in [0.29, 0.717) is 21.8 Å². The summed E-state index contributed by atoms with van der Waals surface area (Å²) in [5.74, 6) is 0.551. The molecule has 0 atom stereocenters. The molecule has 2 heterocycles. The summed E-state index contributed by atoms with van der Waals surface area (Å²) in [5, 5.41) is 19.8. The highest BCUT2D eigenvalue weighted by atomic mass is 79.9. The number of carbonyl (C=O) groups excluding carboxylic acids is 1. The molecule has 0 radical (unpaired) electrons. The molecule has 3 aromatic carbocycles. The van der Waals surface area contributed by atoms with Crippen molar-refractivity contribution in [3.63, 3.8) is 0 Å². The second-order valence-corrected chi connectivity index (χ2v) is 9.84. The van der Waals surface area contributed by atoms with Gasteiger partial charge < -0.3 is 15.2 Å². The van der Waals surface area contributed by atoms with Crippen LogP contribution in [-0.2, 0) is 4.79 Å². The Kier molecular flexibility index (Phi) is 6.27. The van der Waals surface area contributed by atoms with Crippen LogP contribution in [0.1, 0.15) is 16.7 Å². The molecule has 0 bridgehead atoms. The maximum atomic E-state index is 11.8. The highest BCUT2D eigenvalue weighted by molar-refractivity contribution is 9.10. The Bertz CT molecular complexity index is 1550. The van der Waals surface area contributed by atoms with E-state index in [9.17, 15) is 9.90 Å². The summed E-state index contributed by atoms with van der Waals surface area (Å²) < 4.78 is 8.06. The van der Waals surface area contributed by atoms with Crippen molar-refractivity contribution in [1.82, 2.24) is 4.68 Å². The number of nitrogens with zero attached hydrogens (tertiary/aromatic N) is 3. The van der Waals surface area contributed by atoms with Gasteiger partial charge in [0.25, 0.3) is 5.91 Å². The van der Waals surface area contributed by atoms with E-state index in [2.05, 4.69) is 40.2 Å². The van der Waals surface area contributed by atoms with E-state index in [-0.39, 0.29) is 18.3 Å². The summed E-state index contributed by atoms with van der Waals surface area (Å²) in [6, 6.07) is 16.8. The van der Waals surface area contributed by atoms with Crippen molar-refractivity contribution in [2.45, 2.75) is 13.8 Å². The van der Waals surface area contributed by atoms with Crippen LogP contribution in [0.5, 0.6) is 11.5 Å². The van der Waals surface area contributed by atoms with E-state index in [1.54, 1.807) is 29.1 Å². The number of anilines is 1. The molecule has 0 aliphatic carbocycles. The standard InChI is InChI=1S/C26H21BrN4O3S/c1-15-3-6-20(9-16(15)2)29-26-31(28-12-18-10-19(27)5-7-23(18)32)22(14-35-26)17-4-8-24-21(11-17)30-25(33)13-34-24/h3-12,14,32H,13H2,1-2H3,(H,30,33). The van der Waals surface area contributed by atoms with E-state index >= 15 is 0 Å². The normalized spacial score (nSPS) is 13.6. The molecule has 1 aliphatic rings. The van der Waals surface area contributed by atoms with Gasteiger partial charge in [0.1, 0.15) is 11.5 Å². The Morgan fingerprint density at radius 2 is 1.97 bits per heavy atom. The number of halogens is 1. The third-order valence-corrected chi connectivity index (χ3v) is 6.92. The Morgan fingerprint density at radius 1 is 1.11 bits per heavy atom. The molecule has 0 unspecified atom stereocenters. The number of phenolic OH excluding ortho intramolecular Hbond substituents is 1. The van der Waals surface area contributed by atoms with Gasteiger partial charge in [-0.05, 0) is 73.5 Å². The Hall–Kier alpha value is -3.69. The van der Waals surface area contributed by atoms with Crippen LogP contribution in [0.2, 0.25) is 0 Å². The predicted molar refractivity (Wildman–Crippen MR) is 142 cm³/mol. The van der Waals surface area contributed by atoms with Crippen LogP contribution in [0, 0.1) is 13.8 Å². The highest BCUT2D eigenvalue weighted by Gasteiger charge is 2.18. The molecule has 5 rings (SSSR count). The zero-order valence-corrected chi connectivity index (χ0v) is 21.4. The van der Waals surface area contributed by atoms with Crippen LogP contribution in [0.15, 0.2) is 74.5 Å². The molecule has 0 fully saturated rings. The van der Waals surface area contributed by atoms with Crippen molar-refractivity contribution in [2.75, 3.05) is 11.9 Å². The van der Waals surface area contributed by atoms with Gasteiger partial charge in [0.15, 0.2) is 6.61 Å². The number of aromatic hydroxyl groups is 1.